The summed E-state index contributed by atoms with van der Waals surface area (Å²) in [7, 11) is 0. The van der Waals surface area contributed by atoms with Crippen molar-refractivity contribution in [3.63, 3.8) is 0 Å². The Morgan fingerprint density at radius 2 is 1.46 bits per heavy atom. The highest BCUT2D eigenvalue weighted by Crippen LogP contribution is 2.36. The lowest BCUT2D eigenvalue weighted by Crippen LogP contribution is -2.29. The molecule has 0 N–H and O–H groups in total. The van der Waals surface area contributed by atoms with Crippen LogP contribution in [-0.2, 0) is 18.2 Å². The van der Waals surface area contributed by atoms with Crippen LogP contribution in [0.3, 0.4) is 0 Å². The molecule has 0 aliphatic rings. The molecule has 0 saturated carbocycles. The molecule has 54 heavy (non-hydrogen) atoms. The minimum atomic E-state index is -1.58. The van der Waals surface area contributed by atoms with Crippen LogP contribution < -0.4 is 9.30 Å². The normalized spacial score (nSPS) is 14.0. The minimum Gasteiger partial charge on any atom is -0.458 e. The summed E-state index contributed by atoms with van der Waals surface area (Å²) in [5, 5.41) is 2.09. The maximum Gasteiger partial charge on any atom is 0.271 e. The number of hydrogen-bond acceptors (Lipinski definition) is 3. The van der Waals surface area contributed by atoms with Crippen molar-refractivity contribution >= 4 is 32.8 Å². The average molecular weight is 716 g/mol. The molecule has 0 bridgehead atoms. The maximum atomic E-state index is 8.96. The number of ether oxygens (including phenoxy) is 1. The van der Waals surface area contributed by atoms with Gasteiger partial charge in [-0.2, -0.15) is 0 Å². The molecule has 6 nitrogen and oxygen atoms in total. The van der Waals surface area contributed by atoms with Gasteiger partial charge in [-0.3, -0.25) is 18.7 Å². The third-order valence-corrected chi connectivity index (χ3v) is 9.40. The molecular weight excluding hydrogens is 663 g/mol. The Bertz CT molecular complexity index is 2840. The number of pyridine rings is 2. The monoisotopic (exact) mass is 715 g/mol. The van der Waals surface area contributed by atoms with Crippen molar-refractivity contribution in [2.45, 2.75) is 73.6 Å². The average Bonchev–Trinajstić information content (AvgIpc) is 3.73. The second-order valence-corrected chi connectivity index (χ2v) is 16.3. The van der Waals surface area contributed by atoms with Gasteiger partial charge in [0.05, 0.1) is 27.8 Å². The number of benzene rings is 4. The summed E-state index contributed by atoms with van der Waals surface area (Å²) >= 11 is 0. The number of imidazole rings is 1. The van der Waals surface area contributed by atoms with Gasteiger partial charge in [0, 0.05) is 40.8 Å². The van der Waals surface area contributed by atoms with Gasteiger partial charge in [-0.25, -0.2) is 4.98 Å². The molecule has 4 heterocycles. The first kappa shape index (κ1) is 30.7. The summed E-state index contributed by atoms with van der Waals surface area (Å²) in [5.41, 5.74) is 6.11. The van der Waals surface area contributed by atoms with E-state index >= 15 is 0 Å². The van der Waals surface area contributed by atoms with Crippen LogP contribution >= 0.6 is 0 Å². The molecule has 272 valence electrons. The highest BCUT2D eigenvalue weighted by atomic mass is 16.5. The largest absolute Gasteiger partial charge is 0.458 e. The highest BCUT2D eigenvalue weighted by Gasteiger charge is 2.20. The van der Waals surface area contributed by atoms with Crippen molar-refractivity contribution in [3.8, 4) is 28.8 Å². The fraction of sp³-hybridized carbons (Fsp3) is 0.271. The van der Waals surface area contributed by atoms with E-state index in [1.165, 1.54) is 0 Å². The first-order valence-corrected chi connectivity index (χ1v) is 18.6. The van der Waals surface area contributed by atoms with Crippen molar-refractivity contribution in [2.75, 3.05) is 0 Å². The zero-order chi connectivity index (χ0) is 41.4. The van der Waals surface area contributed by atoms with Crippen LogP contribution in [0.1, 0.15) is 77.6 Å². The SMILES string of the molecule is [2H]C([2H])(c1cccc(-[n+]2[c-]n(-c3cc(Oc4ccc5c6ccccc6n(-c6cc(C([2H])([2H])C(C)(C)C)ccn6)c5c4)ccn3)c3cc(C(C)(C)C)ccc32)c1)C(C)C. The fourth-order valence-electron chi connectivity index (χ4n) is 7.04. The van der Waals surface area contributed by atoms with E-state index in [-0.39, 0.29) is 11.3 Å². The Kier molecular flexibility index (Phi) is 7.72. The van der Waals surface area contributed by atoms with Crippen LogP contribution in [-0.4, -0.2) is 19.1 Å². The zero-order valence-electron chi connectivity index (χ0n) is 36.3. The predicted molar refractivity (Wildman–Crippen MR) is 220 cm³/mol. The van der Waals surface area contributed by atoms with E-state index in [0.29, 0.717) is 34.3 Å². The number of aromatic nitrogens is 5. The summed E-state index contributed by atoms with van der Waals surface area (Å²) in [6.07, 6.45) is 3.88. The van der Waals surface area contributed by atoms with Crippen LogP contribution in [0.15, 0.2) is 122 Å². The first-order chi connectivity index (χ1) is 27.3. The number of rotatable bonds is 8. The second kappa shape index (κ2) is 13.6. The van der Waals surface area contributed by atoms with E-state index in [0.717, 1.165) is 44.1 Å². The summed E-state index contributed by atoms with van der Waals surface area (Å²) in [6.45, 7) is 16.1. The molecule has 0 saturated heterocycles. The molecule has 0 radical (unpaired) electrons. The summed E-state index contributed by atoms with van der Waals surface area (Å²) in [5.74, 6) is 2.26. The van der Waals surface area contributed by atoms with Crippen molar-refractivity contribution in [1.82, 2.24) is 19.1 Å². The molecule has 0 spiro atoms. The van der Waals surface area contributed by atoms with Gasteiger partial charge >= 0.3 is 0 Å². The standard InChI is InChI=1S/C48H49N5O/c1-32(2)24-33-12-11-13-36(25-33)51-31-52(44-27-35(48(6,7)8)16-19-42(44)51)45-29-38(21-23-49-45)54-37-17-18-40-39-14-9-10-15-41(39)53(43(40)28-37)46-26-34(20-22-50-46)30-47(3,4)5/h9-23,25-29,32H,24,30H2,1-8H3/i24D2,30D2. The third-order valence-electron chi connectivity index (χ3n) is 9.40. The Balaban J connectivity index is 1.22. The van der Waals surface area contributed by atoms with Gasteiger partial charge in [0.2, 0.25) is 0 Å². The maximum absolute atomic E-state index is 8.96. The number of hydrogen-bond donors (Lipinski definition) is 0. The van der Waals surface area contributed by atoms with E-state index in [1.54, 1.807) is 18.5 Å². The molecule has 6 heteroatoms. The van der Waals surface area contributed by atoms with Crippen LogP contribution in [0.5, 0.6) is 11.5 Å². The Hall–Kier alpha value is -5.75. The van der Waals surface area contributed by atoms with Crippen LogP contribution in [0, 0.1) is 17.7 Å². The number of para-hydroxylation sites is 1. The van der Waals surface area contributed by atoms with Gasteiger partial charge in [0.25, 0.3) is 6.33 Å². The molecule has 0 unspecified atom stereocenters. The van der Waals surface area contributed by atoms with E-state index in [4.69, 9.17) is 20.2 Å². The quantitative estimate of drug-likeness (QED) is 0.116. The van der Waals surface area contributed by atoms with Crippen LogP contribution in [0.25, 0.3) is 50.2 Å². The van der Waals surface area contributed by atoms with E-state index in [9.17, 15) is 0 Å². The van der Waals surface area contributed by atoms with Gasteiger partial charge < -0.3 is 4.74 Å². The smallest absolute Gasteiger partial charge is 0.271 e. The second-order valence-electron chi connectivity index (χ2n) is 16.3. The summed E-state index contributed by atoms with van der Waals surface area (Å²) < 4.78 is 48.1. The van der Waals surface area contributed by atoms with E-state index < -0.39 is 18.2 Å². The van der Waals surface area contributed by atoms with Gasteiger partial charge in [0.1, 0.15) is 17.3 Å². The molecule has 0 amide bonds. The summed E-state index contributed by atoms with van der Waals surface area (Å²) in [4.78, 5) is 9.54. The van der Waals surface area contributed by atoms with E-state index in [2.05, 4.69) is 68.1 Å². The van der Waals surface area contributed by atoms with E-state index in [1.807, 2.05) is 110 Å². The molecule has 0 fully saturated rings. The fourth-order valence-corrected chi connectivity index (χ4v) is 7.04. The van der Waals surface area contributed by atoms with Crippen molar-refractivity contribution in [3.05, 3.63) is 145 Å². The molecule has 4 aromatic carbocycles. The predicted octanol–water partition coefficient (Wildman–Crippen LogP) is 11.5. The molecule has 0 aliphatic heterocycles. The molecule has 8 rings (SSSR count). The van der Waals surface area contributed by atoms with Crippen LogP contribution in [0.4, 0.5) is 0 Å². The number of nitrogens with zero attached hydrogens (tertiary/aromatic N) is 5. The van der Waals surface area contributed by atoms with Crippen molar-refractivity contribution < 1.29 is 14.8 Å². The lowest BCUT2D eigenvalue weighted by molar-refractivity contribution is -0.572. The zero-order valence-corrected chi connectivity index (χ0v) is 32.3. The topological polar surface area (TPSA) is 48.8 Å². The molecule has 0 atom stereocenters. The van der Waals surface area contributed by atoms with Gasteiger partial charge in [-0.15, -0.1) is 0 Å². The minimum absolute atomic E-state index is 0.101. The Labute approximate surface area is 324 Å². The lowest BCUT2D eigenvalue weighted by Gasteiger charge is -2.19. The van der Waals surface area contributed by atoms with Gasteiger partial charge in [-0.05, 0) is 95.2 Å². The molecule has 4 aromatic heterocycles. The lowest BCUT2D eigenvalue weighted by atomic mass is 9.87. The van der Waals surface area contributed by atoms with Gasteiger partial charge in [-0.1, -0.05) is 103 Å². The number of fused-ring (bicyclic) bond motifs is 4. The molecule has 8 aromatic rings. The Morgan fingerprint density at radius 1 is 0.704 bits per heavy atom. The Morgan fingerprint density at radius 3 is 2.26 bits per heavy atom. The van der Waals surface area contributed by atoms with Crippen molar-refractivity contribution in [2.24, 2.45) is 11.3 Å². The molecule has 0 aliphatic carbocycles. The highest BCUT2D eigenvalue weighted by molar-refractivity contribution is 6.09. The summed E-state index contributed by atoms with van der Waals surface area (Å²) in [6, 6.07) is 35.6. The van der Waals surface area contributed by atoms with Crippen molar-refractivity contribution in [1.29, 1.82) is 0 Å². The van der Waals surface area contributed by atoms with Gasteiger partial charge in [0.15, 0.2) is 5.82 Å². The third kappa shape index (κ3) is 7.01. The van der Waals surface area contributed by atoms with Crippen LogP contribution in [0.2, 0.25) is 0 Å². The first-order valence-electron chi connectivity index (χ1n) is 20.6. The molecular formula is C48H49N5O.